The van der Waals surface area contributed by atoms with E-state index in [1.165, 1.54) is 11.8 Å². The molecule has 29 heavy (non-hydrogen) atoms. The number of ketones is 1. The summed E-state index contributed by atoms with van der Waals surface area (Å²) < 4.78 is 1.94. The highest BCUT2D eigenvalue weighted by Gasteiger charge is 2.18. The summed E-state index contributed by atoms with van der Waals surface area (Å²) in [4.78, 5) is 12.5. The van der Waals surface area contributed by atoms with Gasteiger partial charge in [0.05, 0.1) is 17.9 Å². The van der Waals surface area contributed by atoms with Gasteiger partial charge in [-0.25, -0.2) is 0 Å². The van der Waals surface area contributed by atoms with Crippen LogP contribution in [0, 0.1) is 0 Å². The smallest absolute Gasteiger partial charge is 0.192 e. The van der Waals surface area contributed by atoms with Crippen molar-refractivity contribution in [3.8, 4) is 17.1 Å². The van der Waals surface area contributed by atoms with Gasteiger partial charge in [-0.1, -0.05) is 84.6 Å². The fourth-order valence-electron chi connectivity index (χ4n) is 3.00. The standard InChI is InChI=1S/C23H19N3O2S/c27-20-14-8-7-13-19(20)22-24-25-23(26(22)15-17-9-3-1-4-10-17)29-16-21(28)18-11-5-2-6-12-18/h1-14,27H,15-16H2. The number of thioether (sulfide) groups is 1. The van der Waals surface area contributed by atoms with Gasteiger partial charge in [-0.2, -0.15) is 0 Å². The number of carbonyl (C=O) groups is 1. The minimum absolute atomic E-state index is 0.0361. The SMILES string of the molecule is O=C(CSc1nnc(-c2ccccc2O)n1Cc1ccccc1)c1ccccc1. The Balaban J connectivity index is 1.64. The van der Waals surface area contributed by atoms with Gasteiger partial charge in [0.25, 0.3) is 0 Å². The van der Waals surface area contributed by atoms with Gasteiger partial charge in [0.2, 0.25) is 0 Å². The first kappa shape index (κ1) is 19.0. The van der Waals surface area contributed by atoms with Crippen molar-refractivity contribution in [1.82, 2.24) is 14.8 Å². The van der Waals surface area contributed by atoms with Crippen LogP contribution in [0.2, 0.25) is 0 Å². The fraction of sp³-hybridized carbons (Fsp3) is 0.0870. The van der Waals surface area contributed by atoms with Crippen molar-refractivity contribution in [1.29, 1.82) is 0 Å². The van der Waals surface area contributed by atoms with E-state index < -0.39 is 0 Å². The molecule has 0 radical (unpaired) electrons. The second kappa shape index (κ2) is 8.75. The number of benzene rings is 3. The van der Waals surface area contributed by atoms with Crippen LogP contribution in [0.5, 0.6) is 5.75 Å². The average Bonchev–Trinajstić information content (AvgIpc) is 3.16. The topological polar surface area (TPSA) is 68.0 Å². The molecule has 144 valence electrons. The van der Waals surface area contributed by atoms with Crippen LogP contribution < -0.4 is 0 Å². The number of aromatic nitrogens is 3. The molecule has 0 saturated carbocycles. The molecule has 0 aliphatic heterocycles. The van der Waals surface area contributed by atoms with Crippen LogP contribution in [-0.2, 0) is 6.54 Å². The maximum absolute atomic E-state index is 12.5. The second-order valence-corrected chi connectivity index (χ2v) is 7.42. The number of nitrogens with zero attached hydrogens (tertiary/aromatic N) is 3. The van der Waals surface area contributed by atoms with Crippen LogP contribution in [-0.4, -0.2) is 31.4 Å². The van der Waals surface area contributed by atoms with Gasteiger partial charge >= 0.3 is 0 Å². The number of phenolic OH excluding ortho intramolecular Hbond substituents is 1. The highest BCUT2D eigenvalue weighted by molar-refractivity contribution is 7.99. The fourth-order valence-corrected chi connectivity index (χ4v) is 3.84. The van der Waals surface area contributed by atoms with Gasteiger partial charge in [-0.3, -0.25) is 9.36 Å². The maximum Gasteiger partial charge on any atom is 0.192 e. The molecule has 1 heterocycles. The molecule has 5 nitrogen and oxygen atoms in total. The van der Waals surface area contributed by atoms with Crippen molar-refractivity contribution in [3.63, 3.8) is 0 Å². The number of Topliss-reactive ketones (excluding diaryl/α,β-unsaturated/α-hetero) is 1. The summed E-state index contributed by atoms with van der Waals surface area (Å²) in [6.45, 7) is 0.541. The zero-order valence-electron chi connectivity index (χ0n) is 15.6. The molecule has 0 fully saturated rings. The van der Waals surface area contributed by atoms with E-state index in [0.717, 1.165) is 5.56 Å². The molecular formula is C23H19N3O2S. The van der Waals surface area contributed by atoms with Crippen molar-refractivity contribution in [2.75, 3.05) is 5.75 Å². The number of rotatable bonds is 7. The molecule has 3 aromatic carbocycles. The van der Waals surface area contributed by atoms with E-state index in [2.05, 4.69) is 10.2 Å². The minimum atomic E-state index is 0.0361. The Kier molecular flexibility index (Phi) is 5.72. The molecule has 4 rings (SSSR count). The third kappa shape index (κ3) is 4.38. The zero-order chi connectivity index (χ0) is 20.1. The number of para-hydroxylation sites is 1. The molecule has 0 amide bonds. The lowest BCUT2D eigenvalue weighted by Crippen LogP contribution is -2.07. The van der Waals surface area contributed by atoms with Gasteiger partial charge in [0, 0.05) is 5.56 Å². The van der Waals surface area contributed by atoms with Crippen LogP contribution in [0.3, 0.4) is 0 Å². The van der Waals surface area contributed by atoms with E-state index >= 15 is 0 Å². The van der Waals surface area contributed by atoms with E-state index in [1.54, 1.807) is 12.1 Å². The van der Waals surface area contributed by atoms with Crippen molar-refractivity contribution >= 4 is 17.5 Å². The molecule has 0 unspecified atom stereocenters. The number of aromatic hydroxyl groups is 1. The Bertz CT molecular complexity index is 1110. The number of hydrogen-bond donors (Lipinski definition) is 1. The zero-order valence-corrected chi connectivity index (χ0v) is 16.4. The normalized spacial score (nSPS) is 10.8. The molecule has 0 aliphatic rings. The third-order valence-electron chi connectivity index (χ3n) is 4.47. The third-order valence-corrected chi connectivity index (χ3v) is 5.44. The van der Waals surface area contributed by atoms with Crippen LogP contribution >= 0.6 is 11.8 Å². The Morgan fingerprint density at radius 3 is 2.24 bits per heavy atom. The molecule has 6 heteroatoms. The monoisotopic (exact) mass is 401 g/mol. The van der Waals surface area contributed by atoms with Crippen LogP contribution in [0.4, 0.5) is 0 Å². The molecule has 0 saturated heterocycles. The molecule has 0 atom stereocenters. The highest BCUT2D eigenvalue weighted by atomic mass is 32.2. The van der Waals surface area contributed by atoms with Gasteiger partial charge in [-0.15, -0.1) is 10.2 Å². The largest absolute Gasteiger partial charge is 0.507 e. The molecule has 0 bridgehead atoms. The Hall–Kier alpha value is -3.38. The van der Waals surface area contributed by atoms with Gasteiger partial charge < -0.3 is 5.11 Å². The number of phenols is 1. The summed E-state index contributed by atoms with van der Waals surface area (Å²) in [6.07, 6.45) is 0. The summed E-state index contributed by atoms with van der Waals surface area (Å²) in [5.74, 6) is 1.01. The predicted molar refractivity (Wildman–Crippen MR) is 114 cm³/mol. The lowest BCUT2D eigenvalue weighted by atomic mass is 10.1. The van der Waals surface area contributed by atoms with Crippen molar-refractivity contribution in [2.45, 2.75) is 11.7 Å². The molecule has 0 aliphatic carbocycles. The number of carbonyl (C=O) groups excluding carboxylic acids is 1. The first-order valence-corrected chi connectivity index (χ1v) is 10.2. The Morgan fingerprint density at radius 1 is 0.862 bits per heavy atom. The first-order valence-electron chi connectivity index (χ1n) is 9.19. The lowest BCUT2D eigenvalue weighted by Gasteiger charge is -2.11. The van der Waals surface area contributed by atoms with E-state index in [9.17, 15) is 9.90 Å². The first-order chi connectivity index (χ1) is 14.2. The van der Waals surface area contributed by atoms with Gasteiger partial charge in [-0.05, 0) is 17.7 Å². The quantitative estimate of drug-likeness (QED) is 0.360. The molecule has 1 aromatic heterocycles. The average molecular weight is 401 g/mol. The summed E-state index contributed by atoms with van der Waals surface area (Å²) >= 11 is 1.35. The lowest BCUT2D eigenvalue weighted by molar-refractivity contribution is 0.102. The van der Waals surface area contributed by atoms with Crippen LogP contribution in [0.1, 0.15) is 15.9 Å². The molecule has 1 N–H and O–H groups in total. The predicted octanol–water partition coefficient (Wildman–Crippen LogP) is 4.67. The summed E-state index contributed by atoms with van der Waals surface area (Å²) in [7, 11) is 0. The minimum Gasteiger partial charge on any atom is -0.507 e. The number of hydrogen-bond acceptors (Lipinski definition) is 5. The van der Waals surface area contributed by atoms with Crippen molar-refractivity contribution in [3.05, 3.63) is 96.1 Å². The molecule has 0 spiro atoms. The maximum atomic E-state index is 12.5. The van der Waals surface area contributed by atoms with Crippen LogP contribution in [0.25, 0.3) is 11.4 Å². The van der Waals surface area contributed by atoms with E-state index in [-0.39, 0.29) is 17.3 Å². The Labute approximate surface area is 173 Å². The van der Waals surface area contributed by atoms with Gasteiger partial charge in [0.15, 0.2) is 16.8 Å². The van der Waals surface area contributed by atoms with Gasteiger partial charge in [0.1, 0.15) is 5.75 Å². The van der Waals surface area contributed by atoms with Crippen molar-refractivity contribution < 1.29 is 9.90 Å². The summed E-state index contributed by atoms with van der Waals surface area (Å²) in [6, 6.07) is 26.2. The van der Waals surface area contributed by atoms with E-state index in [0.29, 0.717) is 28.7 Å². The second-order valence-electron chi connectivity index (χ2n) is 6.47. The van der Waals surface area contributed by atoms with Crippen LogP contribution in [0.15, 0.2) is 90.1 Å². The molecular weight excluding hydrogens is 382 g/mol. The van der Waals surface area contributed by atoms with E-state index in [4.69, 9.17) is 0 Å². The summed E-state index contributed by atoms with van der Waals surface area (Å²) in [5, 5.41) is 19.5. The Morgan fingerprint density at radius 2 is 1.52 bits per heavy atom. The highest BCUT2D eigenvalue weighted by Crippen LogP contribution is 2.31. The summed E-state index contributed by atoms with van der Waals surface area (Å²) in [5.41, 5.74) is 2.37. The van der Waals surface area contributed by atoms with Crippen molar-refractivity contribution in [2.24, 2.45) is 0 Å². The molecule has 4 aromatic rings. The van der Waals surface area contributed by atoms with E-state index in [1.807, 2.05) is 77.4 Å².